The lowest BCUT2D eigenvalue weighted by Crippen LogP contribution is -2.55. The van der Waals surface area contributed by atoms with Gasteiger partial charge >= 0.3 is 6.09 Å². The predicted molar refractivity (Wildman–Crippen MR) is 136 cm³/mol. The molecular weight excluding hydrogens is 464 g/mol. The minimum atomic E-state index is -0.583. The minimum absolute atomic E-state index is 0.0284. The van der Waals surface area contributed by atoms with Crippen LogP contribution in [-0.2, 0) is 9.53 Å². The van der Waals surface area contributed by atoms with Crippen LogP contribution in [0.3, 0.4) is 0 Å². The van der Waals surface area contributed by atoms with Gasteiger partial charge in [-0.15, -0.1) is 11.3 Å². The highest BCUT2D eigenvalue weighted by molar-refractivity contribution is 7.15. The van der Waals surface area contributed by atoms with Gasteiger partial charge in [-0.25, -0.2) is 19.7 Å². The van der Waals surface area contributed by atoms with E-state index in [0.29, 0.717) is 26.1 Å². The second kappa shape index (κ2) is 10.5. The number of aryl methyl sites for hydroxylation is 2. The van der Waals surface area contributed by atoms with E-state index in [2.05, 4.69) is 10.3 Å². The van der Waals surface area contributed by atoms with Gasteiger partial charge in [-0.1, -0.05) is 0 Å². The van der Waals surface area contributed by atoms with Gasteiger partial charge in [-0.3, -0.25) is 9.69 Å². The van der Waals surface area contributed by atoms with Crippen LogP contribution >= 0.6 is 11.3 Å². The maximum Gasteiger partial charge on any atom is 0.410 e. The molecular formula is C25H36N6O3S. The van der Waals surface area contributed by atoms with Crippen LogP contribution in [0.2, 0.25) is 0 Å². The van der Waals surface area contributed by atoms with Gasteiger partial charge in [0, 0.05) is 48.4 Å². The number of amides is 2. The van der Waals surface area contributed by atoms with Crippen LogP contribution in [0.1, 0.15) is 75.2 Å². The number of rotatable bonds is 4. The second-order valence-corrected chi connectivity index (χ2v) is 11.7. The molecule has 1 N–H and O–H groups in total. The zero-order valence-corrected chi connectivity index (χ0v) is 22.2. The average Bonchev–Trinajstić information content (AvgIpc) is 3.21. The molecule has 35 heavy (non-hydrogen) atoms. The van der Waals surface area contributed by atoms with Crippen LogP contribution in [0, 0.1) is 13.8 Å². The lowest BCUT2D eigenvalue weighted by Gasteiger charge is -2.40. The number of nitrogens with one attached hydrogen (secondary N) is 1. The summed E-state index contributed by atoms with van der Waals surface area (Å²) in [6, 6.07) is 1.48. The van der Waals surface area contributed by atoms with Crippen molar-refractivity contribution in [1.29, 1.82) is 0 Å². The third-order valence-corrected chi connectivity index (χ3v) is 7.14. The summed E-state index contributed by atoms with van der Waals surface area (Å²) in [4.78, 5) is 44.7. The Morgan fingerprint density at radius 1 is 1.09 bits per heavy atom. The predicted octanol–water partition coefficient (Wildman–Crippen LogP) is 4.79. The third kappa shape index (κ3) is 6.48. The molecule has 190 valence electrons. The Balaban J connectivity index is 1.39. The fourth-order valence-corrected chi connectivity index (χ4v) is 5.33. The molecule has 4 rings (SSSR count). The highest BCUT2D eigenvalue weighted by Crippen LogP contribution is 2.30. The number of aromatic nitrogens is 3. The van der Waals surface area contributed by atoms with Crippen molar-refractivity contribution in [2.75, 3.05) is 25.0 Å². The molecule has 2 aromatic rings. The highest BCUT2D eigenvalue weighted by Gasteiger charge is 2.38. The van der Waals surface area contributed by atoms with E-state index in [0.717, 1.165) is 53.0 Å². The van der Waals surface area contributed by atoms with E-state index < -0.39 is 17.7 Å². The number of nitrogens with zero attached hydrogens (tertiary/aromatic N) is 5. The summed E-state index contributed by atoms with van der Waals surface area (Å²) < 4.78 is 5.58. The molecule has 2 amide bonds. The maximum absolute atomic E-state index is 13.4. The first kappa shape index (κ1) is 25.3. The Morgan fingerprint density at radius 3 is 2.49 bits per heavy atom. The third-order valence-electron chi connectivity index (χ3n) is 6.32. The number of piperidine rings is 2. The molecule has 9 nitrogen and oxygen atoms in total. The zero-order chi connectivity index (χ0) is 25.2. The average molecular weight is 501 g/mol. The molecule has 2 aromatic heterocycles. The van der Waals surface area contributed by atoms with E-state index in [-0.39, 0.29) is 11.8 Å². The van der Waals surface area contributed by atoms with Crippen LogP contribution in [0.25, 0.3) is 0 Å². The van der Waals surface area contributed by atoms with Gasteiger partial charge in [0.15, 0.2) is 5.13 Å². The molecule has 2 saturated heterocycles. The number of anilines is 2. The number of hydrogen-bond acceptors (Lipinski definition) is 8. The lowest BCUT2D eigenvalue weighted by molar-refractivity contribution is -0.139. The monoisotopic (exact) mass is 500 g/mol. The molecule has 2 fully saturated rings. The molecule has 1 unspecified atom stereocenters. The highest BCUT2D eigenvalue weighted by atomic mass is 32.1. The van der Waals surface area contributed by atoms with Crippen LogP contribution < -0.4 is 5.32 Å². The Kier molecular flexibility index (Phi) is 7.59. The molecule has 0 spiro atoms. The number of carbonyl (C=O) groups is 2. The Bertz CT molecular complexity index is 1060. The summed E-state index contributed by atoms with van der Waals surface area (Å²) in [5.41, 5.74) is 0.319. The summed E-state index contributed by atoms with van der Waals surface area (Å²) >= 11 is 1.59. The largest absolute Gasteiger partial charge is 0.444 e. The van der Waals surface area contributed by atoms with Crippen LogP contribution in [0.15, 0.2) is 12.3 Å². The van der Waals surface area contributed by atoms with E-state index in [1.165, 1.54) is 0 Å². The standard InChI is InChI=1S/C25H36N6O3S/c1-16-14-20(29-23-26-15-17(2)35-23)28-21(27-16)18-9-12-30(13-10-18)22(32)19-8-6-7-11-31(19)24(33)34-25(3,4)5/h14-15,18-19H,6-13H2,1-5H3,(H,26,27,28,29). The zero-order valence-electron chi connectivity index (χ0n) is 21.3. The molecule has 10 heteroatoms. The normalized spacial score (nSPS) is 19.5. The molecule has 0 aromatic carbocycles. The summed E-state index contributed by atoms with van der Waals surface area (Å²) in [6.45, 7) is 11.4. The molecule has 4 heterocycles. The number of thiazole rings is 1. The van der Waals surface area contributed by atoms with Crippen molar-refractivity contribution >= 4 is 34.3 Å². The van der Waals surface area contributed by atoms with E-state index in [4.69, 9.17) is 14.7 Å². The molecule has 0 radical (unpaired) electrons. The van der Waals surface area contributed by atoms with Crippen molar-refractivity contribution in [3.05, 3.63) is 28.7 Å². The number of hydrogen-bond donors (Lipinski definition) is 1. The fourth-order valence-electron chi connectivity index (χ4n) is 4.66. The summed E-state index contributed by atoms with van der Waals surface area (Å²) in [6.07, 6.45) is 5.56. The lowest BCUT2D eigenvalue weighted by atomic mass is 9.94. The first-order valence-corrected chi connectivity index (χ1v) is 13.2. The first-order valence-electron chi connectivity index (χ1n) is 12.4. The van der Waals surface area contributed by atoms with Crippen molar-refractivity contribution in [2.24, 2.45) is 0 Å². The number of carbonyl (C=O) groups excluding carboxylic acids is 2. The van der Waals surface area contributed by atoms with E-state index in [1.54, 1.807) is 16.2 Å². The van der Waals surface area contributed by atoms with Crippen LogP contribution in [0.4, 0.5) is 15.7 Å². The van der Waals surface area contributed by atoms with Crippen molar-refractivity contribution in [1.82, 2.24) is 24.8 Å². The van der Waals surface area contributed by atoms with Crippen molar-refractivity contribution < 1.29 is 14.3 Å². The molecule has 0 aliphatic carbocycles. The maximum atomic E-state index is 13.4. The Morgan fingerprint density at radius 2 is 1.83 bits per heavy atom. The van der Waals surface area contributed by atoms with Crippen molar-refractivity contribution in [2.45, 2.75) is 84.3 Å². The summed E-state index contributed by atoms with van der Waals surface area (Å²) in [5, 5.41) is 4.10. The van der Waals surface area contributed by atoms with Crippen LogP contribution in [-0.4, -0.2) is 68.0 Å². The van der Waals surface area contributed by atoms with Gasteiger partial charge in [0.2, 0.25) is 5.91 Å². The minimum Gasteiger partial charge on any atom is -0.444 e. The fraction of sp³-hybridized carbons (Fsp3) is 0.640. The van der Waals surface area contributed by atoms with Gasteiger partial charge in [0.05, 0.1) is 0 Å². The smallest absolute Gasteiger partial charge is 0.410 e. The number of likely N-dealkylation sites (tertiary alicyclic amines) is 2. The topological polar surface area (TPSA) is 101 Å². The number of ether oxygens (including phenoxy) is 1. The molecule has 0 bridgehead atoms. The van der Waals surface area contributed by atoms with Crippen molar-refractivity contribution in [3.8, 4) is 0 Å². The van der Waals surface area contributed by atoms with E-state index in [9.17, 15) is 9.59 Å². The Labute approximate surface area is 211 Å². The van der Waals surface area contributed by atoms with Crippen LogP contribution in [0.5, 0.6) is 0 Å². The summed E-state index contributed by atoms with van der Waals surface area (Å²) in [5.74, 6) is 1.77. The van der Waals surface area contributed by atoms with E-state index >= 15 is 0 Å². The molecule has 1 atom stereocenters. The van der Waals surface area contributed by atoms with Gasteiger partial charge < -0.3 is 15.0 Å². The SMILES string of the molecule is Cc1cc(Nc2ncc(C)s2)nc(C2CCN(C(=O)C3CCCCN3C(=O)OC(C)(C)C)CC2)n1. The quantitative estimate of drug-likeness (QED) is 0.644. The van der Waals surface area contributed by atoms with Crippen molar-refractivity contribution in [3.63, 3.8) is 0 Å². The van der Waals surface area contributed by atoms with Gasteiger partial charge in [-0.05, 0) is 66.7 Å². The Hall–Kier alpha value is -2.75. The van der Waals surface area contributed by atoms with Gasteiger partial charge in [0.25, 0.3) is 0 Å². The van der Waals surface area contributed by atoms with E-state index in [1.807, 2.05) is 51.8 Å². The molecule has 0 saturated carbocycles. The van der Waals surface area contributed by atoms with Gasteiger partial charge in [0.1, 0.15) is 23.3 Å². The molecule has 2 aliphatic rings. The summed E-state index contributed by atoms with van der Waals surface area (Å²) in [7, 11) is 0. The first-order chi connectivity index (χ1) is 16.6. The van der Waals surface area contributed by atoms with Gasteiger partial charge in [-0.2, -0.15) is 0 Å². The second-order valence-electron chi connectivity index (χ2n) is 10.4. The molecule has 2 aliphatic heterocycles.